The molecular formula is C20H26N4O3S. The van der Waals surface area contributed by atoms with Crippen molar-refractivity contribution < 1.29 is 13.2 Å². The first kappa shape index (κ1) is 19.3. The third-order valence-electron chi connectivity index (χ3n) is 5.35. The second-order valence-electron chi connectivity index (χ2n) is 7.28. The van der Waals surface area contributed by atoms with Gasteiger partial charge in [-0.3, -0.25) is 4.90 Å². The molecule has 0 aliphatic carbocycles. The molecule has 0 spiro atoms. The molecule has 3 heterocycles. The van der Waals surface area contributed by atoms with Crippen LogP contribution in [0.5, 0.6) is 0 Å². The van der Waals surface area contributed by atoms with Gasteiger partial charge in [-0.1, -0.05) is 36.4 Å². The summed E-state index contributed by atoms with van der Waals surface area (Å²) in [5.41, 5.74) is 1.09. The van der Waals surface area contributed by atoms with Crippen LogP contribution < -0.4 is 9.62 Å². The fraction of sp³-hybridized carbons (Fsp3) is 0.450. The summed E-state index contributed by atoms with van der Waals surface area (Å²) in [6.45, 7) is 4.16. The van der Waals surface area contributed by atoms with E-state index >= 15 is 0 Å². The average molecular weight is 403 g/mol. The van der Waals surface area contributed by atoms with E-state index in [1.54, 1.807) is 6.20 Å². The summed E-state index contributed by atoms with van der Waals surface area (Å²) >= 11 is 0. The van der Waals surface area contributed by atoms with E-state index in [1.165, 1.54) is 0 Å². The van der Waals surface area contributed by atoms with Gasteiger partial charge < -0.3 is 9.64 Å². The van der Waals surface area contributed by atoms with Crippen molar-refractivity contribution in [3.8, 4) is 0 Å². The van der Waals surface area contributed by atoms with Crippen molar-refractivity contribution in [2.45, 2.75) is 18.7 Å². The molecule has 0 saturated carbocycles. The largest absolute Gasteiger partial charge is 0.375 e. The molecule has 0 bridgehead atoms. The van der Waals surface area contributed by atoms with Crippen LogP contribution in [0.3, 0.4) is 0 Å². The molecule has 7 nitrogen and oxygen atoms in total. The summed E-state index contributed by atoms with van der Waals surface area (Å²) in [7, 11) is -3.25. The lowest BCUT2D eigenvalue weighted by Crippen LogP contribution is -2.55. The van der Waals surface area contributed by atoms with E-state index in [2.05, 4.69) is 19.5 Å². The van der Waals surface area contributed by atoms with Crippen molar-refractivity contribution in [2.75, 3.05) is 43.4 Å². The van der Waals surface area contributed by atoms with E-state index in [4.69, 9.17) is 4.74 Å². The number of hydrogen-bond donors (Lipinski definition) is 1. The molecule has 0 radical (unpaired) electrons. The normalized spacial score (nSPS) is 25.1. The maximum absolute atomic E-state index is 12.2. The fourth-order valence-electron chi connectivity index (χ4n) is 3.90. The van der Waals surface area contributed by atoms with Crippen LogP contribution in [0.25, 0.3) is 0 Å². The van der Waals surface area contributed by atoms with Crippen molar-refractivity contribution in [1.29, 1.82) is 0 Å². The number of sulfonamides is 1. The smallest absolute Gasteiger partial charge is 0.213 e. The molecule has 0 amide bonds. The van der Waals surface area contributed by atoms with E-state index in [0.29, 0.717) is 13.2 Å². The molecule has 0 unspecified atom stereocenters. The summed E-state index contributed by atoms with van der Waals surface area (Å²) in [5, 5.41) is 0. The zero-order valence-electron chi connectivity index (χ0n) is 15.8. The predicted molar refractivity (Wildman–Crippen MR) is 109 cm³/mol. The molecule has 8 heteroatoms. The molecule has 150 valence electrons. The summed E-state index contributed by atoms with van der Waals surface area (Å²) in [5.74, 6) is 1.11. The lowest BCUT2D eigenvalue weighted by molar-refractivity contribution is 0.0742. The van der Waals surface area contributed by atoms with Crippen LogP contribution in [0, 0.1) is 0 Å². The van der Waals surface area contributed by atoms with Gasteiger partial charge in [0.05, 0.1) is 25.0 Å². The van der Waals surface area contributed by atoms with Crippen molar-refractivity contribution in [3.63, 3.8) is 0 Å². The van der Waals surface area contributed by atoms with E-state index in [-0.39, 0.29) is 17.8 Å². The molecule has 1 N–H and O–H groups in total. The zero-order chi connectivity index (χ0) is 19.4. The number of ether oxygens (including phenoxy) is 1. The zero-order valence-corrected chi connectivity index (χ0v) is 16.6. The van der Waals surface area contributed by atoms with Gasteiger partial charge in [0.25, 0.3) is 0 Å². The summed E-state index contributed by atoms with van der Waals surface area (Å²) in [6.07, 6.45) is 1.80. The standard InChI is InChI=1S/C20H26N4O3S/c25-28(26)16-19(18(22-28)15-27-14-17-6-2-1-3-7-17)23-10-12-24(13-11-23)20-8-4-5-9-21-20/h1-9,18-19,22H,10-16H2/t18-,19+/m0/s1. The lowest BCUT2D eigenvalue weighted by Gasteiger charge is -2.39. The Morgan fingerprint density at radius 3 is 2.50 bits per heavy atom. The first-order chi connectivity index (χ1) is 13.6. The average Bonchev–Trinajstić information content (AvgIpc) is 3.04. The highest BCUT2D eigenvalue weighted by atomic mass is 32.2. The van der Waals surface area contributed by atoms with Gasteiger partial charge >= 0.3 is 0 Å². The Balaban J connectivity index is 1.34. The minimum absolute atomic E-state index is 0.0633. The second-order valence-corrected chi connectivity index (χ2v) is 9.08. The molecule has 28 heavy (non-hydrogen) atoms. The number of nitrogens with zero attached hydrogens (tertiary/aromatic N) is 3. The van der Waals surface area contributed by atoms with Crippen LogP contribution in [0.1, 0.15) is 5.56 Å². The Hall–Kier alpha value is -2.00. The van der Waals surface area contributed by atoms with Crippen molar-refractivity contribution in [3.05, 3.63) is 60.3 Å². The summed E-state index contributed by atoms with van der Waals surface area (Å²) in [4.78, 5) is 8.93. The highest BCUT2D eigenvalue weighted by Gasteiger charge is 2.41. The number of nitrogens with one attached hydrogen (secondary N) is 1. The molecule has 2 aliphatic heterocycles. The second kappa shape index (κ2) is 8.57. The van der Waals surface area contributed by atoms with E-state index < -0.39 is 10.0 Å². The topological polar surface area (TPSA) is 74.8 Å². The van der Waals surface area contributed by atoms with Gasteiger partial charge in [0, 0.05) is 38.4 Å². The third-order valence-corrected chi connectivity index (χ3v) is 6.79. The quantitative estimate of drug-likeness (QED) is 0.780. The van der Waals surface area contributed by atoms with Gasteiger partial charge in [-0.05, 0) is 17.7 Å². The van der Waals surface area contributed by atoms with Gasteiger partial charge in [0.1, 0.15) is 5.82 Å². The highest BCUT2D eigenvalue weighted by molar-refractivity contribution is 7.89. The predicted octanol–water partition coefficient (Wildman–Crippen LogP) is 1.09. The van der Waals surface area contributed by atoms with Gasteiger partial charge in [-0.2, -0.15) is 0 Å². The Morgan fingerprint density at radius 1 is 1.04 bits per heavy atom. The molecule has 2 aliphatic rings. The van der Waals surface area contributed by atoms with E-state index in [1.807, 2.05) is 48.5 Å². The Morgan fingerprint density at radius 2 is 1.79 bits per heavy atom. The SMILES string of the molecule is O=S1(=O)C[C@@H](N2CCN(c3ccccn3)CC2)[C@H](COCc2ccccc2)N1. The number of anilines is 1. The molecule has 1 aromatic heterocycles. The first-order valence-electron chi connectivity index (χ1n) is 9.62. The number of piperazine rings is 1. The maximum Gasteiger partial charge on any atom is 0.213 e. The number of aromatic nitrogens is 1. The van der Waals surface area contributed by atoms with E-state index in [0.717, 1.165) is 37.6 Å². The maximum atomic E-state index is 12.2. The minimum atomic E-state index is -3.25. The van der Waals surface area contributed by atoms with Gasteiger partial charge in [0.15, 0.2) is 0 Å². The molecule has 1 aromatic carbocycles. The van der Waals surface area contributed by atoms with Crippen LogP contribution in [-0.2, 0) is 21.4 Å². The van der Waals surface area contributed by atoms with Crippen LogP contribution in [0.2, 0.25) is 0 Å². The first-order valence-corrected chi connectivity index (χ1v) is 11.3. The van der Waals surface area contributed by atoms with Gasteiger partial charge in [0.2, 0.25) is 10.0 Å². The van der Waals surface area contributed by atoms with Crippen molar-refractivity contribution >= 4 is 15.8 Å². The monoisotopic (exact) mass is 402 g/mol. The molecular weight excluding hydrogens is 376 g/mol. The Bertz CT molecular complexity index is 856. The Kier molecular flexibility index (Phi) is 5.91. The highest BCUT2D eigenvalue weighted by Crippen LogP contribution is 2.20. The van der Waals surface area contributed by atoms with Crippen LogP contribution in [0.15, 0.2) is 54.7 Å². The molecule has 2 saturated heterocycles. The van der Waals surface area contributed by atoms with Crippen LogP contribution in [-0.4, -0.2) is 68.9 Å². The molecule has 2 fully saturated rings. The minimum Gasteiger partial charge on any atom is -0.375 e. The molecule has 2 atom stereocenters. The summed E-state index contributed by atoms with van der Waals surface area (Å²) in [6, 6.07) is 15.6. The van der Waals surface area contributed by atoms with Gasteiger partial charge in [-0.25, -0.2) is 18.1 Å². The van der Waals surface area contributed by atoms with E-state index in [9.17, 15) is 8.42 Å². The van der Waals surface area contributed by atoms with Crippen LogP contribution >= 0.6 is 0 Å². The molecule has 2 aromatic rings. The number of hydrogen-bond acceptors (Lipinski definition) is 6. The lowest BCUT2D eigenvalue weighted by atomic mass is 10.1. The molecule has 4 rings (SSSR count). The Labute approximate surface area is 166 Å². The summed E-state index contributed by atoms with van der Waals surface area (Å²) < 4.78 is 33.0. The fourth-order valence-corrected chi connectivity index (χ4v) is 5.58. The number of benzene rings is 1. The van der Waals surface area contributed by atoms with Gasteiger partial charge in [-0.15, -0.1) is 0 Å². The number of pyridine rings is 1. The van der Waals surface area contributed by atoms with Crippen molar-refractivity contribution in [2.24, 2.45) is 0 Å². The van der Waals surface area contributed by atoms with Crippen LogP contribution in [0.4, 0.5) is 5.82 Å². The third kappa shape index (κ3) is 4.70. The number of rotatable bonds is 6. The van der Waals surface area contributed by atoms with Crippen molar-refractivity contribution in [1.82, 2.24) is 14.6 Å².